The largest absolute Gasteiger partial charge is 0.488 e. The van der Waals surface area contributed by atoms with E-state index >= 15 is 0 Å². The maximum Gasteiger partial charge on any atom is 0.253 e. The molecule has 0 bridgehead atoms. The minimum absolute atomic E-state index is 0.249. The fourth-order valence-electron chi connectivity index (χ4n) is 3.56. The van der Waals surface area contributed by atoms with Gasteiger partial charge in [0.15, 0.2) is 11.0 Å². The molecule has 10 heteroatoms. The minimum Gasteiger partial charge on any atom is -0.488 e. The molecule has 0 saturated heterocycles. The predicted molar refractivity (Wildman–Crippen MR) is 160 cm³/mol. The van der Waals surface area contributed by atoms with Crippen molar-refractivity contribution in [1.29, 1.82) is 0 Å². The van der Waals surface area contributed by atoms with Gasteiger partial charge in [-0.25, -0.2) is 5.43 Å². The molecule has 1 atom stereocenters. The second kappa shape index (κ2) is 14.3. The lowest BCUT2D eigenvalue weighted by Gasteiger charge is -2.12. The third-order valence-electron chi connectivity index (χ3n) is 5.56. The fraction of sp³-hybridized carbons (Fsp3) is 0.172. The van der Waals surface area contributed by atoms with Crippen molar-refractivity contribution in [2.24, 2.45) is 5.10 Å². The van der Waals surface area contributed by atoms with Crippen LogP contribution in [-0.4, -0.2) is 32.1 Å². The van der Waals surface area contributed by atoms with Crippen LogP contribution in [0.4, 0.5) is 5.69 Å². The van der Waals surface area contributed by atoms with Gasteiger partial charge >= 0.3 is 0 Å². The van der Waals surface area contributed by atoms with Crippen molar-refractivity contribution in [3.8, 4) is 5.75 Å². The molecule has 0 aliphatic carbocycles. The number of nitrogens with zero attached hydrogens (tertiary/aromatic N) is 4. The number of hydrogen-bond donors (Lipinski definition) is 2. The maximum absolute atomic E-state index is 12.8. The molecule has 0 saturated carbocycles. The summed E-state index contributed by atoms with van der Waals surface area (Å²) in [5.41, 5.74) is 5.41. The first kappa shape index (κ1) is 28.1. The van der Waals surface area contributed by atoms with Crippen molar-refractivity contribution in [3.05, 3.63) is 113 Å². The number of halogens is 1. The molecule has 0 unspecified atom stereocenters. The molecule has 39 heavy (non-hydrogen) atoms. The van der Waals surface area contributed by atoms with E-state index in [1.807, 2.05) is 83.4 Å². The summed E-state index contributed by atoms with van der Waals surface area (Å²) in [4.78, 5) is 12.8. The number of carbonyl (C=O) groups excluding carboxylic acids is 1. The Kier molecular flexibility index (Phi) is 10.3. The number of amides is 1. The van der Waals surface area contributed by atoms with Gasteiger partial charge in [-0.3, -0.25) is 4.79 Å². The van der Waals surface area contributed by atoms with Gasteiger partial charge in [-0.2, -0.15) is 5.10 Å². The maximum atomic E-state index is 12.8. The van der Waals surface area contributed by atoms with Gasteiger partial charge in [0.05, 0.1) is 18.0 Å². The monoisotopic (exact) mass is 604 g/mol. The smallest absolute Gasteiger partial charge is 0.253 e. The van der Waals surface area contributed by atoms with Crippen molar-refractivity contribution in [1.82, 2.24) is 20.2 Å². The molecule has 1 amide bonds. The molecule has 0 fully saturated rings. The number of hydrazone groups is 1. The highest BCUT2D eigenvalue weighted by Crippen LogP contribution is 2.23. The summed E-state index contributed by atoms with van der Waals surface area (Å²) < 4.78 is 8.93. The number of aromatic nitrogens is 3. The van der Waals surface area contributed by atoms with E-state index in [9.17, 15) is 4.79 Å². The summed E-state index contributed by atoms with van der Waals surface area (Å²) in [5.74, 6) is 1.18. The standard InChI is InChI=1S/C29H29BrN6O2S/c1-3-16-36-27(19-31-25-13-5-4-6-14-25)33-35-29(36)39-21(2)28(37)34-32-18-23-11-7-8-15-26(23)38-20-22-10-9-12-24(30)17-22/h3-15,17-18,21,31H,1,16,19-20H2,2H3,(H,34,37)/b32-18-/t21-/m1/s1. The van der Waals surface area contributed by atoms with E-state index in [0.717, 1.165) is 27.1 Å². The number of para-hydroxylation sites is 2. The van der Waals surface area contributed by atoms with Gasteiger partial charge in [0, 0.05) is 22.3 Å². The zero-order valence-corrected chi connectivity index (χ0v) is 23.9. The Morgan fingerprint density at radius 2 is 1.92 bits per heavy atom. The van der Waals surface area contributed by atoms with E-state index in [1.165, 1.54) is 11.8 Å². The van der Waals surface area contributed by atoms with E-state index in [-0.39, 0.29) is 5.91 Å². The molecule has 8 nitrogen and oxygen atoms in total. The van der Waals surface area contributed by atoms with Crippen LogP contribution in [-0.2, 0) is 24.5 Å². The van der Waals surface area contributed by atoms with Crippen molar-refractivity contribution in [2.75, 3.05) is 5.32 Å². The van der Waals surface area contributed by atoms with Gasteiger partial charge in [0.25, 0.3) is 5.91 Å². The summed E-state index contributed by atoms with van der Waals surface area (Å²) in [6.45, 7) is 7.10. The molecule has 3 aromatic carbocycles. The van der Waals surface area contributed by atoms with Gasteiger partial charge in [-0.15, -0.1) is 16.8 Å². The average Bonchev–Trinajstić information content (AvgIpc) is 3.32. The third kappa shape index (κ3) is 8.30. The van der Waals surface area contributed by atoms with Gasteiger partial charge in [0.2, 0.25) is 0 Å². The first-order valence-electron chi connectivity index (χ1n) is 12.3. The van der Waals surface area contributed by atoms with E-state index < -0.39 is 5.25 Å². The predicted octanol–water partition coefficient (Wildman–Crippen LogP) is 6.05. The Morgan fingerprint density at radius 3 is 2.72 bits per heavy atom. The molecule has 0 aliphatic heterocycles. The van der Waals surface area contributed by atoms with E-state index in [2.05, 4.69) is 48.6 Å². The number of carbonyl (C=O) groups is 1. The Labute approximate surface area is 240 Å². The lowest BCUT2D eigenvalue weighted by Crippen LogP contribution is -2.27. The number of ether oxygens (including phenoxy) is 1. The molecule has 4 rings (SSSR count). The highest BCUT2D eigenvalue weighted by molar-refractivity contribution is 9.10. The van der Waals surface area contributed by atoms with Crippen LogP contribution in [0.25, 0.3) is 0 Å². The third-order valence-corrected chi connectivity index (χ3v) is 7.14. The number of rotatable bonds is 13. The van der Waals surface area contributed by atoms with Gasteiger partial charge in [0.1, 0.15) is 12.4 Å². The zero-order valence-electron chi connectivity index (χ0n) is 21.5. The summed E-state index contributed by atoms with van der Waals surface area (Å²) in [6.07, 6.45) is 3.36. The van der Waals surface area contributed by atoms with Crippen LogP contribution in [0.5, 0.6) is 5.75 Å². The molecule has 0 radical (unpaired) electrons. The quantitative estimate of drug-likeness (QED) is 0.0835. The second-order valence-electron chi connectivity index (χ2n) is 8.47. The van der Waals surface area contributed by atoms with Crippen molar-refractivity contribution < 1.29 is 9.53 Å². The van der Waals surface area contributed by atoms with Crippen LogP contribution in [0.15, 0.2) is 106 Å². The van der Waals surface area contributed by atoms with Gasteiger partial charge in [-0.05, 0) is 48.9 Å². The molecule has 0 spiro atoms. The van der Waals surface area contributed by atoms with Crippen LogP contribution in [0.2, 0.25) is 0 Å². The van der Waals surface area contributed by atoms with Crippen molar-refractivity contribution in [3.63, 3.8) is 0 Å². The van der Waals surface area contributed by atoms with E-state index in [0.29, 0.717) is 30.6 Å². The fourth-order valence-corrected chi connectivity index (χ4v) is 4.88. The molecule has 2 N–H and O–H groups in total. The Morgan fingerprint density at radius 1 is 1.13 bits per heavy atom. The molecule has 200 valence electrons. The molecular weight excluding hydrogens is 576 g/mol. The highest BCUT2D eigenvalue weighted by Gasteiger charge is 2.19. The summed E-state index contributed by atoms with van der Waals surface area (Å²) in [6, 6.07) is 25.4. The second-order valence-corrected chi connectivity index (χ2v) is 10.7. The normalized spacial score (nSPS) is 11.7. The number of hydrogen-bond acceptors (Lipinski definition) is 7. The lowest BCUT2D eigenvalue weighted by molar-refractivity contribution is -0.120. The SMILES string of the molecule is C=CCn1c(CNc2ccccc2)nnc1S[C@H](C)C(=O)N/N=C\c1ccccc1OCc1cccc(Br)c1. The Bertz CT molecular complexity index is 1430. The number of thioether (sulfide) groups is 1. The minimum atomic E-state index is -0.451. The highest BCUT2D eigenvalue weighted by atomic mass is 79.9. The van der Waals surface area contributed by atoms with Crippen LogP contribution < -0.4 is 15.5 Å². The van der Waals surface area contributed by atoms with Crippen molar-refractivity contribution in [2.45, 2.75) is 37.0 Å². The summed E-state index contributed by atoms with van der Waals surface area (Å²) >= 11 is 4.79. The first-order chi connectivity index (χ1) is 19.0. The molecule has 1 aromatic heterocycles. The van der Waals surface area contributed by atoms with Gasteiger partial charge in [-0.1, -0.05) is 76.2 Å². The molecule has 4 aromatic rings. The number of nitrogens with one attached hydrogen (secondary N) is 2. The Hall–Kier alpha value is -3.89. The summed E-state index contributed by atoms with van der Waals surface area (Å²) in [7, 11) is 0. The first-order valence-corrected chi connectivity index (χ1v) is 14.0. The van der Waals surface area contributed by atoms with Crippen LogP contribution in [0.3, 0.4) is 0 Å². The number of allylic oxidation sites excluding steroid dienone is 1. The average molecular weight is 606 g/mol. The van der Waals surface area contributed by atoms with E-state index in [4.69, 9.17) is 4.74 Å². The molecule has 0 aliphatic rings. The zero-order chi connectivity index (χ0) is 27.5. The molecule has 1 heterocycles. The van der Waals surface area contributed by atoms with Crippen LogP contribution >= 0.6 is 27.7 Å². The van der Waals surface area contributed by atoms with Gasteiger partial charge < -0.3 is 14.6 Å². The van der Waals surface area contributed by atoms with Crippen LogP contribution in [0, 0.1) is 0 Å². The number of benzene rings is 3. The molecular formula is C29H29BrN6O2S. The summed E-state index contributed by atoms with van der Waals surface area (Å²) in [5, 5.41) is 16.3. The van der Waals surface area contributed by atoms with Crippen molar-refractivity contribution >= 4 is 45.5 Å². The lowest BCUT2D eigenvalue weighted by atomic mass is 10.2. The number of anilines is 1. The van der Waals surface area contributed by atoms with Crippen LogP contribution in [0.1, 0.15) is 23.9 Å². The topological polar surface area (TPSA) is 93.4 Å². The van der Waals surface area contributed by atoms with E-state index in [1.54, 1.807) is 19.2 Å². The Balaban J connectivity index is 1.34.